The largest absolute Gasteiger partial charge is 0.488 e. The van der Waals surface area contributed by atoms with Gasteiger partial charge in [0.2, 0.25) is 0 Å². The molecule has 1 unspecified atom stereocenters. The highest BCUT2D eigenvalue weighted by molar-refractivity contribution is 5.93. The van der Waals surface area contributed by atoms with E-state index in [2.05, 4.69) is 5.32 Å². The fraction of sp³-hybridized carbons (Fsp3) is 0.353. The molecule has 0 saturated heterocycles. The van der Waals surface area contributed by atoms with Gasteiger partial charge >= 0.3 is 6.18 Å². The Balaban J connectivity index is 0.00000338. The van der Waals surface area contributed by atoms with Gasteiger partial charge in [-0.2, -0.15) is 13.2 Å². The summed E-state index contributed by atoms with van der Waals surface area (Å²) in [4.78, 5) is 12.0. The maximum atomic E-state index is 13.0. The zero-order chi connectivity index (χ0) is 18.4. The zero-order valence-corrected chi connectivity index (χ0v) is 14.8. The van der Waals surface area contributed by atoms with Crippen molar-refractivity contribution in [2.45, 2.75) is 32.2 Å². The fourth-order valence-electron chi connectivity index (χ4n) is 2.17. The van der Waals surface area contributed by atoms with E-state index in [0.717, 1.165) is 6.07 Å². The summed E-state index contributed by atoms with van der Waals surface area (Å²) in [5, 5.41) is 2.62. The molecule has 5 nitrogen and oxygen atoms in total. The van der Waals surface area contributed by atoms with E-state index in [4.69, 9.17) is 14.9 Å². The topological polar surface area (TPSA) is 77.5 Å². The van der Waals surface area contributed by atoms with Gasteiger partial charge in [0.25, 0.3) is 5.91 Å². The number of furan rings is 1. The molecule has 2 rings (SSSR count). The summed E-state index contributed by atoms with van der Waals surface area (Å²) < 4.78 is 49.5. The summed E-state index contributed by atoms with van der Waals surface area (Å²) in [6.07, 6.45) is -3.41. The van der Waals surface area contributed by atoms with E-state index in [1.165, 1.54) is 30.5 Å². The third-order valence-corrected chi connectivity index (χ3v) is 3.55. The molecule has 1 amide bonds. The van der Waals surface area contributed by atoms with Crippen molar-refractivity contribution in [3.63, 3.8) is 0 Å². The third kappa shape index (κ3) is 5.67. The molecule has 1 atom stereocenters. The highest BCUT2D eigenvalue weighted by Crippen LogP contribution is 2.36. The minimum Gasteiger partial charge on any atom is -0.488 e. The van der Waals surface area contributed by atoms with Crippen LogP contribution in [0.2, 0.25) is 0 Å². The molecular weight excluding hydrogens is 373 g/mol. The molecule has 0 aliphatic rings. The van der Waals surface area contributed by atoms with Gasteiger partial charge in [-0.25, -0.2) is 0 Å². The van der Waals surface area contributed by atoms with Gasteiger partial charge < -0.3 is 20.2 Å². The second-order valence-corrected chi connectivity index (χ2v) is 5.36. The lowest BCUT2D eigenvalue weighted by atomic mass is 10.2. The number of nitrogens with two attached hydrogens (primary N) is 1. The molecule has 144 valence electrons. The molecule has 0 spiro atoms. The number of amides is 1. The van der Waals surface area contributed by atoms with Gasteiger partial charge in [0.15, 0.2) is 0 Å². The molecule has 3 N–H and O–H groups in total. The van der Waals surface area contributed by atoms with Crippen molar-refractivity contribution in [2.24, 2.45) is 5.73 Å². The van der Waals surface area contributed by atoms with E-state index in [0.29, 0.717) is 17.7 Å². The molecule has 2 aromatic rings. The molecule has 9 heteroatoms. The summed E-state index contributed by atoms with van der Waals surface area (Å²) in [6, 6.07) is 6.50. The van der Waals surface area contributed by atoms with Crippen molar-refractivity contribution in [2.75, 3.05) is 6.54 Å². The number of halogens is 4. The number of ether oxygens (including phenoxy) is 1. The lowest BCUT2D eigenvalue weighted by Gasteiger charge is -2.21. The first kappa shape index (κ1) is 21.9. The molecule has 0 aliphatic heterocycles. The number of alkyl halides is 3. The van der Waals surface area contributed by atoms with Crippen LogP contribution in [-0.2, 0) is 12.7 Å². The third-order valence-electron chi connectivity index (χ3n) is 3.55. The Morgan fingerprint density at radius 1 is 1.35 bits per heavy atom. The van der Waals surface area contributed by atoms with E-state index < -0.39 is 23.8 Å². The van der Waals surface area contributed by atoms with Gasteiger partial charge in [-0.15, -0.1) is 12.4 Å². The highest BCUT2D eigenvalue weighted by Gasteiger charge is 2.34. The Hall–Kier alpha value is -2.19. The van der Waals surface area contributed by atoms with Crippen LogP contribution >= 0.6 is 12.4 Å². The minimum atomic E-state index is -4.51. The SMILES string of the molecule is CCC(CNC(=O)c1coc(CN)c1)Oc1ccccc1C(F)(F)F.Cl. The van der Waals surface area contributed by atoms with Crippen LogP contribution in [0.15, 0.2) is 41.0 Å². The number of carbonyl (C=O) groups excluding carboxylic acids is 1. The average Bonchev–Trinajstić information content (AvgIpc) is 3.07. The first-order chi connectivity index (χ1) is 11.8. The lowest BCUT2D eigenvalue weighted by molar-refractivity contribution is -0.139. The molecule has 0 bridgehead atoms. The van der Waals surface area contributed by atoms with E-state index in [-0.39, 0.29) is 31.2 Å². The van der Waals surface area contributed by atoms with Gasteiger partial charge in [-0.05, 0) is 24.6 Å². The van der Waals surface area contributed by atoms with Crippen LogP contribution in [0.5, 0.6) is 5.75 Å². The molecule has 1 aromatic carbocycles. The Morgan fingerprint density at radius 3 is 2.62 bits per heavy atom. The molecule has 1 heterocycles. The van der Waals surface area contributed by atoms with Crippen molar-refractivity contribution in [3.05, 3.63) is 53.5 Å². The molecule has 0 fully saturated rings. The van der Waals surface area contributed by atoms with E-state index in [9.17, 15) is 18.0 Å². The van der Waals surface area contributed by atoms with Crippen LogP contribution in [0.25, 0.3) is 0 Å². The molecule has 1 aromatic heterocycles. The normalized spacial score (nSPS) is 12.2. The van der Waals surface area contributed by atoms with Crippen LogP contribution in [0.1, 0.15) is 35.0 Å². The second-order valence-electron chi connectivity index (χ2n) is 5.36. The molecule has 0 aliphatic carbocycles. The smallest absolute Gasteiger partial charge is 0.419 e. The average molecular weight is 393 g/mol. The predicted molar refractivity (Wildman–Crippen MR) is 92.3 cm³/mol. The van der Waals surface area contributed by atoms with Crippen molar-refractivity contribution in [3.8, 4) is 5.75 Å². The van der Waals surface area contributed by atoms with Gasteiger partial charge in [0.1, 0.15) is 23.9 Å². The van der Waals surface area contributed by atoms with Crippen LogP contribution in [-0.4, -0.2) is 18.6 Å². The number of carbonyl (C=O) groups is 1. The molecule has 0 radical (unpaired) electrons. The number of hydrogen-bond acceptors (Lipinski definition) is 4. The molecule has 0 saturated carbocycles. The number of rotatable bonds is 7. The van der Waals surface area contributed by atoms with Crippen LogP contribution in [0, 0.1) is 0 Å². The van der Waals surface area contributed by atoms with Gasteiger partial charge in [-0.1, -0.05) is 19.1 Å². The summed E-state index contributed by atoms with van der Waals surface area (Å²) in [6.45, 7) is 1.99. The maximum Gasteiger partial charge on any atom is 0.419 e. The lowest BCUT2D eigenvalue weighted by Crippen LogP contribution is -2.35. The van der Waals surface area contributed by atoms with Gasteiger partial charge in [0.05, 0.1) is 24.2 Å². The van der Waals surface area contributed by atoms with Crippen LogP contribution < -0.4 is 15.8 Å². The van der Waals surface area contributed by atoms with E-state index >= 15 is 0 Å². The summed E-state index contributed by atoms with van der Waals surface area (Å²) >= 11 is 0. The fourth-order valence-corrected chi connectivity index (χ4v) is 2.17. The highest BCUT2D eigenvalue weighted by atomic mass is 35.5. The van der Waals surface area contributed by atoms with E-state index in [1.54, 1.807) is 6.92 Å². The Labute approximate surface area is 155 Å². The number of benzene rings is 1. The zero-order valence-electron chi connectivity index (χ0n) is 14.0. The second kappa shape index (κ2) is 9.49. The summed E-state index contributed by atoms with van der Waals surface area (Å²) in [5.41, 5.74) is 4.86. The number of hydrogen-bond donors (Lipinski definition) is 2. The molecular formula is C17H20ClF3N2O3. The quantitative estimate of drug-likeness (QED) is 0.752. The Bertz CT molecular complexity index is 719. The van der Waals surface area contributed by atoms with Crippen molar-refractivity contribution >= 4 is 18.3 Å². The Kier molecular flexibility index (Phi) is 7.98. The number of nitrogens with one attached hydrogen (secondary N) is 1. The standard InChI is InChI=1S/C17H19F3N2O3.ClH/c1-2-12(9-22-16(23)11-7-13(8-21)24-10-11)25-15-6-4-3-5-14(15)17(18,19)20;/h3-7,10,12H,2,8-9,21H2,1H3,(H,22,23);1H. The van der Waals surface area contributed by atoms with Crippen molar-refractivity contribution in [1.29, 1.82) is 0 Å². The summed E-state index contributed by atoms with van der Waals surface area (Å²) in [5.74, 6) is -0.202. The summed E-state index contributed by atoms with van der Waals surface area (Å²) in [7, 11) is 0. The first-order valence-electron chi connectivity index (χ1n) is 7.73. The van der Waals surface area contributed by atoms with E-state index in [1.807, 2.05) is 0 Å². The molecule has 26 heavy (non-hydrogen) atoms. The minimum absolute atomic E-state index is 0. The Morgan fingerprint density at radius 2 is 2.04 bits per heavy atom. The van der Waals surface area contributed by atoms with Crippen LogP contribution in [0.3, 0.4) is 0 Å². The van der Waals surface area contributed by atoms with Crippen molar-refractivity contribution < 1.29 is 27.1 Å². The van der Waals surface area contributed by atoms with Crippen molar-refractivity contribution in [1.82, 2.24) is 5.32 Å². The van der Waals surface area contributed by atoms with Crippen LogP contribution in [0.4, 0.5) is 13.2 Å². The monoisotopic (exact) mass is 392 g/mol. The van der Waals surface area contributed by atoms with Gasteiger partial charge in [0, 0.05) is 0 Å². The van der Waals surface area contributed by atoms with Gasteiger partial charge in [-0.3, -0.25) is 4.79 Å². The predicted octanol–water partition coefficient (Wildman–Crippen LogP) is 3.77. The first-order valence-corrected chi connectivity index (χ1v) is 7.73. The number of para-hydroxylation sites is 1. The maximum absolute atomic E-state index is 13.0.